The molecular weight excluding hydrogens is 262 g/mol. The fraction of sp³-hybridized carbons (Fsp3) is 0.667. The summed E-state index contributed by atoms with van der Waals surface area (Å²) in [6.45, 7) is 5.02. The van der Waals surface area contributed by atoms with E-state index in [0.29, 0.717) is 5.00 Å². The minimum absolute atomic E-state index is 0.00935. The van der Waals surface area contributed by atoms with Crippen molar-refractivity contribution in [2.45, 2.75) is 31.3 Å². The molecule has 0 amide bonds. The first-order valence-corrected chi connectivity index (χ1v) is 7.54. The van der Waals surface area contributed by atoms with Crippen molar-refractivity contribution in [3.63, 3.8) is 0 Å². The van der Waals surface area contributed by atoms with Crippen LogP contribution in [0.5, 0.6) is 0 Å². The lowest BCUT2D eigenvalue weighted by atomic mass is 10.1. The summed E-state index contributed by atoms with van der Waals surface area (Å²) in [6.07, 6.45) is 0. The highest BCUT2D eigenvalue weighted by Crippen LogP contribution is 2.32. The van der Waals surface area contributed by atoms with Crippen molar-refractivity contribution in [1.29, 1.82) is 0 Å². The molecule has 0 spiro atoms. The van der Waals surface area contributed by atoms with Crippen LogP contribution in [0, 0.1) is 0 Å². The van der Waals surface area contributed by atoms with Gasteiger partial charge in [0.2, 0.25) is 0 Å². The number of aromatic nitrogens is 1. The predicted octanol–water partition coefficient (Wildman–Crippen LogP) is 0.702. The normalized spacial score (nSPS) is 12.7. The van der Waals surface area contributed by atoms with E-state index in [0.717, 1.165) is 11.5 Å². The molecule has 0 fully saturated rings. The summed E-state index contributed by atoms with van der Waals surface area (Å²) in [5.41, 5.74) is 4.62. The largest absolute Gasteiger partial charge is 0.389 e. The quantitative estimate of drug-likeness (QED) is 0.733. The van der Waals surface area contributed by atoms with Crippen LogP contribution in [0.15, 0.2) is 4.90 Å². The maximum Gasteiger partial charge on any atom is 0.184 e. The molecular formula is C9H17N3O3S2. The van der Waals surface area contributed by atoms with Crippen LogP contribution in [0.4, 0.5) is 10.8 Å². The molecule has 8 heteroatoms. The molecule has 1 rings (SSSR count). The zero-order valence-corrected chi connectivity index (χ0v) is 11.7. The Morgan fingerprint density at radius 3 is 2.59 bits per heavy atom. The van der Waals surface area contributed by atoms with Gasteiger partial charge in [0.1, 0.15) is 9.90 Å². The Bertz CT molecular complexity index is 488. The fourth-order valence-corrected chi connectivity index (χ4v) is 3.31. The van der Waals surface area contributed by atoms with Crippen LogP contribution < -0.4 is 11.1 Å². The van der Waals surface area contributed by atoms with Crippen molar-refractivity contribution in [3.8, 4) is 0 Å². The molecule has 0 saturated carbocycles. The molecule has 0 aliphatic rings. The van der Waals surface area contributed by atoms with Gasteiger partial charge in [-0.2, -0.15) is 4.37 Å². The number of nitrogens with one attached hydrogen (secondary N) is 1. The van der Waals surface area contributed by atoms with Gasteiger partial charge in [-0.15, -0.1) is 0 Å². The molecule has 1 aromatic rings. The molecule has 0 aromatic carbocycles. The van der Waals surface area contributed by atoms with Gasteiger partial charge in [-0.05, 0) is 25.4 Å². The van der Waals surface area contributed by atoms with Gasteiger partial charge in [0, 0.05) is 6.54 Å². The van der Waals surface area contributed by atoms with Crippen LogP contribution in [0.2, 0.25) is 0 Å². The maximum atomic E-state index is 11.8. The molecule has 1 aromatic heterocycles. The fourth-order valence-electron chi connectivity index (χ4n) is 1.15. The number of hydrogen-bond acceptors (Lipinski definition) is 7. The predicted molar refractivity (Wildman–Crippen MR) is 69.0 cm³/mol. The van der Waals surface area contributed by atoms with Gasteiger partial charge in [0.05, 0.1) is 11.4 Å². The van der Waals surface area contributed by atoms with E-state index < -0.39 is 15.4 Å². The van der Waals surface area contributed by atoms with E-state index in [9.17, 15) is 13.5 Å². The Labute approximate surface area is 105 Å². The van der Waals surface area contributed by atoms with Crippen LogP contribution in [-0.4, -0.2) is 35.8 Å². The van der Waals surface area contributed by atoms with Crippen LogP contribution >= 0.6 is 11.5 Å². The van der Waals surface area contributed by atoms with E-state index in [1.165, 1.54) is 0 Å². The van der Waals surface area contributed by atoms with Gasteiger partial charge in [-0.1, -0.05) is 6.92 Å². The smallest absolute Gasteiger partial charge is 0.184 e. The summed E-state index contributed by atoms with van der Waals surface area (Å²) in [5.74, 6) is -0.0256. The second-order valence-electron chi connectivity index (χ2n) is 4.30. The zero-order valence-electron chi connectivity index (χ0n) is 10.0. The van der Waals surface area contributed by atoms with Crippen molar-refractivity contribution in [2.24, 2.45) is 0 Å². The van der Waals surface area contributed by atoms with Gasteiger partial charge < -0.3 is 16.2 Å². The van der Waals surface area contributed by atoms with E-state index in [2.05, 4.69) is 9.69 Å². The van der Waals surface area contributed by atoms with Gasteiger partial charge in [-0.3, -0.25) is 0 Å². The van der Waals surface area contributed by atoms with Gasteiger partial charge >= 0.3 is 0 Å². The number of nitrogens with two attached hydrogens (primary N) is 1. The molecule has 6 nitrogen and oxygen atoms in total. The summed E-state index contributed by atoms with van der Waals surface area (Å²) in [6, 6.07) is 0. The zero-order chi connectivity index (χ0) is 13.3. The summed E-state index contributed by atoms with van der Waals surface area (Å²) >= 11 is 0.983. The second-order valence-corrected chi connectivity index (χ2v) is 7.28. The second kappa shape index (κ2) is 4.79. The van der Waals surface area contributed by atoms with E-state index in [-0.39, 0.29) is 23.0 Å². The molecule has 17 heavy (non-hydrogen) atoms. The minimum atomic E-state index is -3.41. The van der Waals surface area contributed by atoms with E-state index in [1.807, 2.05) is 0 Å². The number of anilines is 2. The monoisotopic (exact) mass is 279 g/mol. The molecule has 0 unspecified atom stereocenters. The van der Waals surface area contributed by atoms with Crippen molar-refractivity contribution in [3.05, 3.63) is 0 Å². The van der Waals surface area contributed by atoms with E-state index >= 15 is 0 Å². The highest BCUT2D eigenvalue weighted by molar-refractivity contribution is 7.91. The standard InChI is InChI=1S/C9H17N3O3S2/c1-4-17(14,15)6-7(10)12-16-8(6)11-5-9(2,3)13/h11,13H,4-5H2,1-3H3,(H2,10,12). The Kier molecular flexibility index (Phi) is 4.00. The Balaban J connectivity index is 3.04. The SMILES string of the molecule is CCS(=O)(=O)c1c(N)nsc1NCC(C)(C)O. The molecule has 0 saturated heterocycles. The first-order valence-electron chi connectivity index (χ1n) is 5.11. The topological polar surface area (TPSA) is 105 Å². The van der Waals surface area contributed by atoms with Crippen molar-refractivity contribution in [1.82, 2.24) is 4.37 Å². The minimum Gasteiger partial charge on any atom is -0.389 e. The van der Waals surface area contributed by atoms with Crippen molar-refractivity contribution in [2.75, 3.05) is 23.3 Å². The van der Waals surface area contributed by atoms with Gasteiger partial charge in [-0.25, -0.2) is 8.42 Å². The average molecular weight is 279 g/mol. The molecule has 0 radical (unpaired) electrons. The van der Waals surface area contributed by atoms with Gasteiger partial charge in [0.15, 0.2) is 15.7 Å². The van der Waals surface area contributed by atoms with Crippen LogP contribution in [0.1, 0.15) is 20.8 Å². The lowest BCUT2D eigenvalue weighted by molar-refractivity contribution is 0.0945. The van der Waals surface area contributed by atoms with Gasteiger partial charge in [0.25, 0.3) is 0 Å². The number of rotatable bonds is 5. The first kappa shape index (κ1) is 14.2. The lowest BCUT2D eigenvalue weighted by Gasteiger charge is -2.18. The third-order valence-electron chi connectivity index (χ3n) is 2.05. The Morgan fingerprint density at radius 1 is 1.53 bits per heavy atom. The average Bonchev–Trinajstić information content (AvgIpc) is 2.56. The van der Waals surface area contributed by atoms with Crippen molar-refractivity contribution >= 4 is 32.2 Å². The summed E-state index contributed by atoms with van der Waals surface area (Å²) in [4.78, 5) is 0.0363. The summed E-state index contributed by atoms with van der Waals surface area (Å²) in [7, 11) is -3.41. The summed E-state index contributed by atoms with van der Waals surface area (Å²) in [5, 5.41) is 12.8. The maximum absolute atomic E-state index is 11.8. The lowest BCUT2D eigenvalue weighted by Crippen LogP contribution is -2.29. The summed E-state index contributed by atoms with van der Waals surface area (Å²) < 4.78 is 27.5. The number of hydrogen-bond donors (Lipinski definition) is 3. The number of sulfone groups is 1. The third kappa shape index (κ3) is 3.55. The Hall–Kier alpha value is -0.860. The third-order valence-corrected chi connectivity index (χ3v) is 4.79. The van der Waals surface area contributed by atoms with E-state index in [1.54, 1.807) is 20.8 Å². The first-order chi connectivity index (χ1) is 7.67. The number of nitrogens with zero attached hydrogens (tertiary/aromatic N) is 1. The Morgan fingerprint density at radius 2 is 2.12 bits per heavy atom. The molecule has 4 N–H and O–H groups in total. The number of aliphatic hydroxyl groups is 1. The molecule has 1 heterocycles. The van der Waals surface area contributed by atoms with E-state index in [4.69, 9.17) is 5.73 Å². The molecule has 98 valence electrons. The van der Waals surface area contributed by atoms with Crippen LogP contribution in [0.3, 0.4) is 0 Å². The van der Waals surface area contributed by atoms with Crippen molar-refractivity contribution < 1.29 is 13.5 Å². The highest BCUT2D eigenvalue weighted by atomic mass is 32.2. The number of nitrogen functional groups attached to an aromatic ring is 1. The van der Waals surface area contributed by atoms with Crippen LogP contribution in [0.25, 0.3) is 0 Å². The molecule has 0 atom stereocenters. The molecule has 0 aliphatic heterocycles. The van der Waals surface area contributed by atoms with Crippen LogP contribution in [-0.2, 0) is 9.84 Å². The molecule has 0 aliphatic carbocycles. The molecule has 0 bridgehead atoms. The highest BCUT2D eigenvalue weighted by Gasteiger charge is 2.24.